The largest absolute Gasteiger partial charge is 0.469 e. The maximum atomic E-state index is 10.3. The molecule has 52 heavy (non-hydrogen) atoms. The number of hydrogen-bond acceptors (Lipinski definition) is 5. The van der Waals surface area contributed by atoms with Crippen LogP contribution in [0.5, 0.6) is 23.0 Å². The molecule has 0 unspecified atom stereocenters. The number of rotatable bonds is 2. The van der Waals surface area contributed by atoms with E-state index in [0.29, 0.717) is 22.7 Å². The fourth-order valence-electron chi connectivity index (χ4n) is 8.74. The van der Waals surface area contributed by atoms with Crippen LogP contribution in [0.2, 0.25) is 0 Å². The molecule has 0 atom stereocenters. The molecule has 11 rings (SSSR count). The molecule has 4 aliphatic heterocycles. The zero-order chi connectivity index (χ0) is 34.5. The maximum absolute atomic E-state index is 10.3. The molecule has 8 heteroatoms. The molecule has 4 heterocycles. The minimum absolute atomic E-state index is 0.191. The van der Waals surface area contributed by atoms with Crippen LogP contribution in [-0.4, -0.2) is 13.4 Å². The average Bonchev–Trinajstić information content (AvgIpc) is 3.20. The Labute approximate surface area is 301 Å². The fraction of sp³-hybridized carbons (Fsp3) is 0. The van der Waals surface area contributed by atoms with Gasteiger partial charge in [0.2, 0.25) is 5.69 Å². The zero-order valence-corrected chi connectivity index (χ0v) is 27.6. The van der Waals surface area contributed by atoms with Gasteiger partial charge in [-0.3, -0.25) is 0 Å². The third kappa shape index (κ3) is 3.78. The molecule has 6 nitrogen and oxygen atoms in total. The number of para-hydroxylation sites is 4. The number of benzene rings is 7. The zero-order valence-electron chi connectivity index (χ0n) is 27.6. The van der Waals surface area contributed by atoms with Crippen molar-refractivity contribution >= 4 is 86.0 Å². The van der Waals surface area contributed by atoms with Gasteiger partial charge in [-0.05, 0) is 93.4 Å². The summed E-state index contributed by atoms with van der Waals surface area (Å²) < 4.78 is 13.2. The van der Waals surface area contributed by atoms with E-state index in [1.807, 2.05) is 48.5 Å². The highest BCUT2D eigenvalue weighted by molar-refractivity contribution is 7.02. The molecule has 7 aromatic carbocycles. The smallest absolute Gasteiger partial charge is 0.256 e. The van der Waals surface area contributed by atoms with Crippen LogP contribution in [-0.2, 0) is 0 Å². The van der Waals surface area contributed by atoms with Crippen LogP contribution in [0.15, 0.2) is 146 Å². The van der Waals surface area contributed by atoms with Crippen LogP contribution in [0.4, 0.5) is 39.8 Å². The van der Waals surface area contributed by atoms with Crippen molar-refractivity contribution < 1.29 is 9.47 Å². The quantitative estimate of drug-likeness (QED) is 0.149. The van der Waals surface area contributed by atoms with E-state index in [4.69, 9.17) is 16.0 Å². The first-order chi connectivity index (χ1) is 25.7. The van der Waals surface area contributed by atoms with E-state index in [2.05, 4.69) is 118 Å². The third-order valence-electron chi connectivity index (χ3n) is 10.8. The van der Waals surface area contributed by atoms with E-state index < -0.39 is 0 Å². The Morgan fingerprint density at radius 2 is 1.02 bits per heavy atom. The predicted molar refractivity (Wildman–Crippen MR) is 209 cm³/mol. The van der Waals surface area contributed by atoms with E-state index in [-0.39, 0.29) is 13.4 Å². The van der Waals surface area contributed by atoms with Gasteiger partial charge in [0.05, 0.1) is 12.1 Å². The molecule has 7 aromatic rings. The van der Waals surface area contributed by atoms with Crippen LogP contribution >= 0.6 is 0 Å². The lowest BCUT2D eigenvalue weighted by Gasteiger charge is -2.44. The monoisotopic (exact) mass is 662 g/mol. The lowest BCUT2D eigenvalue weighted by atomic mass is 9.30. The van der Waals surface area contributed by atoms with Crippen molar-refractivity contribution in [2.24, 2.45) is 0 Å². The molecule has 0 saturated heterocycles. The maximum Gasteiger partial charge on any atom is 0.256 e. The van der Waals surface area contributed by atoms with Crippen molar-refractivity contribution in [3.8, 4) is 29.1 Å². The Morgan fingerprint density at radius 3 is 1.58 bits per heavy atom. The molecule has 0 spiro atoms. The molecule has 4 aliphatic rings. The van der Waals surface area contributed by atoms with Gasteiger partial charge in [0.15, 0.2) is 0 Å². The van der Waals surface area contributed by atoms with Crippen molar-refractivity contribution in [2.75, 3.05) is 9.80 Å². The first-order valence-corrected chi connectivity index (χ1v) is 17.3. The van der Waals surface area contributed by atoms with E-state index in [9.17, 15) is 5.26 Å². The van der Waals surface area contributed by atoms with Gasteiger partial charge >= 0.3 is 0 Å². The Kier molecular flexibility index (Phi) is 5.88. The van der Waals surface area contributed by atoms with Crippen LogP contribution < -0.4 is 52.1 Å². The first-order valence-electron chi connectivity index (χ1n) is 17.3. The summed E-state index contributed by atoms with van der Waals surface area (Å²) in [5, 5.41) is 10.3. The Bertz CT molecular complexity index is 2570. The van der Waals surface area contributed by atoms with E-state index in [1.165, 1.54) is 0 Å². The normalized spacial score (nSPS) is 13.5. The molecule has 238 valence electrons. The Morgan fingerprint density at radius 1 is 0.519 bits per heavy atom. The predicted octanol–water partition coefficient (Wildman–Crippen LogP) is 6.92. The van der Waals surface area contributed by atoms with Gasteiger partial charge in [0.1, 0.15) is 29.1 Å². The van der Waals surface area contributed by atoms with Crippen molar-refractivity contribution in [3.05, 3.63) is 163 Å². The van der Waals surface area contributed by atoms with Gasteiger partial charge in [0, 0.05) is 34.1 Å². The van der Waals surface area contributed by atoms with E-state index in [1.54, 1.807) is 0 Å². The van der Waals surface area contributed by atoms with Crippen LogP contribution in [0.1, 0.15) is 5.56 Å². The second kappa shape index (κ2) is 10.7. The summed E-state index contributed by atoms with van der Waals surface area (Å²) in [6.45, 7) is 7.72. The minimum atomic E-state index is -0.195. The second-order valence-corrected chi connectivity index (χ2v) is 13.4. The summed E-state index contributed by atoms with van der Waals surface area (Å²) in [5.74, 6) is 2.72. The summed E-state index contributed by atoms with van der Waals surface area (Å²) in [6, 6.07) is 52.2. The summed E-state index contributed by atoms with van der Waals surface area (Å²) >= 11 is 0. The van der Waals surface area contributed by atoms with Crippen molar-refractivity contribution in [1.29, 1.82) is 5.26 Å². The Balaban J connectivity index is 1.29. The fourth-order valence-corrected chi connectivity index (χ4v) is 8.74. The SMILES string of the molecule is [C-]#[N+]c1ccc2c3c1Oc1ccccc1B3c1cc3c(cc1N2c1ccccc1)N(c1ccccc1)c1ccc(C#N)c2c1B3c1ccccc1O2. The number of ether oxygens (including phenoxy) is 2. The van der Waals surface area contributed by atoms with Crippen LogP contribution in [0, 0.1) is 17.9 Å². The highest BCUT2D eigenvalue weighted by Crippen LogP contribution is 2.47. The molecule has 0 aromatic heterocycles. The molecule has 0 radical (unpaired) electrons. The van der Waals surface area contributed by atoms with Gasteiger partial charge in [-0.2, -0.15) is 5.26 Å². The highest BCUT2D eigenvalue weighted by atomic mass is 16.5. The number of nitriles is 1. The number of hydrogen-bond donors (Lipinski definition) is 0. The second-order valence-electron chi connectivity index (χ2n) is 13.4. The summed E-state index contributed by atoms with van der Waals surface area (Å²) in [4.78, 5) is 8.56. The number of fused-ring (bicyclic) bond motifs is 8. The molecule has 0 fully saturated rings. The van der Waals surface area contributed by atoms with Crippen LogP contribution in [0.25, 0.3) is 4.85 Å². The van der Waals surface area contributed by atoms with Crippen LogP contribution in [0.3, 0.4) is 0 Å². The standard InChI is InChI=1S/C44H24B2N4O2/c1-48-34-21-23-36-42-44(34)52-40-19-11-9-17-31(40)46(42)33-24-32-37(25-38(33)50(36)29-14-6-3-7-15-29)49(28-12-4-2-5-13-28)35-22-20-27(26-47)43-41(35)45(32)30-16-8-10-18-39(30)51-43/h2-25H. The van der Waals surface area contributed by atoms with E-state index in [0.717, 1.165) is 78.4 Å². The molecular formula is C44H24B2N4O2. The third-order valence-corrected chi connectivity index (χ3v) is 10.8. The summed E-state index contributed by atoms with van der Waals surface area (Å²) in [5.41, 5.74) is 13.4. The minimum Gasteiger partial charge on any atom is -0.469 e. The number of nitrogens with zero attached hydrogens (tertiary/aromatic N) is 4. The lowest BCUT2D eigenvalue weighted by Crippen LogP contribution is -2.63. The van der Waals surface area contributed by atoms with Gasteiger partial charge < -0.3 is 19.3 Å². The van der Waals surface area contributed by atoms with E-state index >= 15 is 0 Å². The first kappa shape index (κ1) is 28.7. The summed E-state index contributed by atoms with van der Waals surface area (Å²) in [6.07, 6.45) is 0. The summed E-state index contributed by atoms with van der Waals surface area (Å²) in [7, 11) is 0. The average molecular weight is 662 g/mol. The molecular weight excluding hydrogens is 638 g/mol. The van der Waals surface area contributed by atoms with Crippen molar-refractivity contribution in [3.63, 3.8) is 0 Å². The molecule has 0 saturated carbocycles. The van der Waals surface area contributed by atoms with Gasteiger partial charge in [-0.15, -0.1) is 0 Å². The topological polar surface area (TPSA) is 53.1 Å². The Hall–Kier alpha value is -7.15. The highest BCUT2D eigenvalue weighted by Gasteiger charge is 2.47. The molecule has 0 aliphatic carbocycles. The number of anilines is 6. The van der Waals surface area contributed by atoms with Gasteiger partial charge in [-0.1, -0.05) is 84.9 Å². The lowest BCUT2D eigenvalue weighted by molar-refractivity contribution is 0.486. The molecule has 0 bridgehead atoms. The van der Waals surface area contributed by atoms with Gasteiger partial charge in [0.25, 0.3) is 13.4 Å². The van der Waals surface area contributed by atoms with Crippen molar-refractivity contribution in [1.82, 2.24) is 0 Å². The van der Waals surface area contributed by atoms with Gasteiger partial charge in [-0.25, -0.2) is 4.85 Å². The van der Waals surface area contributed by atoms with Crippen molar-refractivity contribution in [2.45, 2.75) is 0 Å². The molecule has 0 N–H and O–H groups in total. The molecule has 0 amide bonds.